The maximum Gasteiger partial charge on any atom is 0.0594 e. The second-order valence-corrected chi connectivity index (χ2v) is 17.3. The van der Waals surface area contributed by atoms with Crippen molar-refractivity contribution in [3.05, 3.63) is 56.5 Å². The number of halogens is 2. The van der Waals surface area contributed by atoms with Crippen LogP contribution in [0.2, 0.25) is 0 Å². The quantitative estimate of drug-likeness (QED) is 0.163. The third kappa shape index (κ3) is 7.03. The standard InChI is InChI=1S/C32H48Br2P/c1-5-9-18-32(19-13-23-35(20-10-6-2,21-11-7-3)22-12-8-4)30-24-26(33)14-16-28(30)29-17-15-27(34)25-31(29)32/h14-17,24-25H,5-13,18-23H2,1-4H3/q+1. The van der Waals surface area contributed by atoms with E-state index in [0.29, 0.717) is 0 Å². The fraction of sp³-hybridized carbons (Fsp3) is 0.625. The fourth-order valence-corrected chi connectivity index (χ4v) is 12.3. The van der Waals surface area contributed by atoms with Gasteiger partial charge in [0, 0.05) is 21.6 Å². The molecule has 2 aromatic rings. The molecule has 0 nitrogen and oxygen atoms in total. The number of hydrogen-bond donors (Lipinski definition) is 0. The number of unbranched alkanes of at least 4 members (excludes halogenated alkanes) is 4. The van der Waals surface area contributed by atoms with Crippen LogP contribution in [0.15, 0.2) is 45.3 Å². The van der Waals surface area contributed by atoms with Gasteiger partial charge in [-0.2, -0.15) is 0 Å². The van der Waals surface area contributed by atoms with E-state index in [1.54, 1.807) is 11.1 Å². The summed E-state index contributed by atoms with van der Waals surface area (Å²) in [5, 5.41) is 0. The van der Waals surface area contributed by atoms with Gasteiger partial charge in [-0.3, -0.25) is 0 Å². The molecule has 2 aromatic carbocycles. The number of fused-ring (bicyclic) bond motifs is 3. The summed E-state index contributed by atoms with van der Waals surface area (Å²) < 4.78 is 2.44. The van der Waals surface area contributed by atoms with Crippen molar-refractivity contribution in [2.45, 2.75) is 104 Å². The van der Waals surface area contributed by atoms with E-state index in [4.69, 9.17) is 0 Å². The summed E-state index contributed by atoms with van der Waals surface area (Å²) in [6, 6.07) is 14.1. The molecule has 0 heterocycles. The molecule has 3 rings (SSSR count). The molecule has 0 fully saturated rings. The van der Waals surface area contributed by atoms with Crippen LogP contribution < -0.4 is 0 Å². The average Bonchev–Trinajstić information content (AvgIpc) is 3.11. The first-order valence-corrected chi connectivity index (χ1v) is 18.5. The maximum atomic E-state index is 3.83. The maximum absolute atomic E-state index is 3.83. The van der Waals surface area contributed by atoms with E-state index in [2.05, 4.69) is 96.0 Å². The lowest BCUT2D eigenvalue weighted by Gasteiger charge is -2.34. The van der Waals surface area contributed by atoms with Crippen LogP contribution in [0.4, 0.5) is 0 Å². The Kier molecular flexibility index (Phi) is 11.8. The average molecular weight is 624 g/mol. The summed E-state index contributed by atoms with van der Waals surface area (Å²) >= 11 is 7.65. The second-order valence-electron chi connectivity index (χ2n) is 11.0. The van der Waals surface area contributed by atoms with Gasteiger partial charge in [0.05, 0.1) is 24.6 Å². The zero-order valence-corrected chi connectivity index (χ0v) is 26.8. The highest BCUT2D eigenvalue weighted by atomic mass is 79.9. The summed E-state index contributed by atoms with van der Waals surface area (Å²) in [7, 11) is -0.865. The molecule has 1 aliphatic rings. The van der Waals surface area contributed by atoms with E-state index in [1.807, 2.05) is 0 Å². The van der Waals surface area contributed by atoms with Crippen LogP contribution in [-0.4, -0.2) is 24.6 Å². The minimum Gasteiger partial charge on any atom is -0.0654 e. The van der Waals surface area contributed by atoms with E-state index < -0.39 is 7.26 Å². The molecule has 0 saturated carbocycles. The first-order valence-electron chi connectivity index (χ1n) is 14.4. The van der Waals surface area contributed by atoms with Gasteiger partial charge in [0.1, 0.15) is 0 Å². The van der Waals surface area contributed by atoms with E-state index in [9.17, 15) is 0 Å². The highest BCUT2D eigenvalue weighted by Gasteiger charge is 2.44. The molecule has 3 heteroatoms. The Morgan fingerprint density at radius 1 is 0.571 bits per heavy atom. The Hall–Kier alpha value is -0.170. The van der Waals surface area contributed by atoms with Crippen LogP contribution in [0.1, 0.15) is 109 Å². The molecular formula is C32H48Br2P+. The van der Waals surface area contributed by atoms with E-state index in [-0.39, 0.29) is 5.41 Å². The van der Waals surface area contributed by atoms with Gasteiger partial charge in [0.2, 0.25) is 0 Å². The molecule has 0 amide bonds. The second kappa shape index (κ2) is 14.1. The summed E-state index contributed by atoms with van der Waals surface area (Å²) in [5.41, 5.74) is 6.25. The largest absolute Gasteiger partial charge is 0.0654 e. The van der Waals surface area contributed by atoms with Crippen molar-refractivity contribution in [3.8, 4) is 11.1 Å². The van der Waals surface area contributed by atoms with Crippen molar-refractivity contribution in [1.82, 2.24) is 0 Å². The lowest BCUT2D eigenvalue weighted by molar-refractivity contribution is 0.425. The highest BCUT2D eigenvalue weighted by Crippen LogP contribution is 2.62. The first-order chi connectivity index (χ1) is 16.9. The molecule has 0 radical (unpaired) electrons. The number of rotatable bonds is 16. The minimum atomic E-state index is -0.865. The third-order valence-corrected chi connectivity index (χ3v) is 14.5. The van der Waals surface area contributed by atoms with Gasteiger partial charge in [-0.15, -0.1) is 0 Å². The molecule has 0 aliphatic heterocycles. The molecule has 0 unspecified atom stereocenters. The van der Waals surface area contributed by atoms with Crippen LogP contribution in [0.25, 0.3) is 11.1 Å². The Morgan fingerprint density at radius 2 is 0.971 bits per heavy atom. The van der Waals surface area contributed by atoms with Gasteiger partial charge in [-0.05, 0) is 85.0 Å². The fourth-order valence-electron chi connectivity index (χ4n) is 6.45. The molecule has 0 atom stereocenters. The molecular weight excluding hydrogens is 575 g/mol. The van der Waals surface area contributed by atoms with Gasteiger partial charge >= 0.3 is 0 Å². The van der Waals surface area contributed by atoms with Crippen LogP contribution in [-0.2, 0) is 5.41 Å². The van der Waals surface area contributed by atoms with E-state index in [1.165, 1.54) is 115 Å². The Bertz CT molecular complexity index is 862. The van der Waals surface area contributed by atoms with E-state index >= 15 is 0 Å². The van der Waals surface area contributed by atoms with Gasteiger partial charge in [-0.25, -0.2) is 0 Å². The topological polar surface area (TPSA) is 0 Å². The molecule has 1 aliphatic carbocycles. The van der Waals surface area contributed by atoms with Crippen molar-refractivity contribution < 1.29 is 0 Å². The molecule has 194 valence electrons. The Balaban J connectivity index is 1.96. The third-order valence-electron chi connectivity index (χ3n) is 8.44. The molecule has 0 spiro atoms. The Labute approximate surface area is 234 Å². The minimum absolute atomic E-state index is 0.157. The van der Waals surface area contributed by atoms with Crippen LogP contribution in [0.3, 0.4) is 0 Å². The van der Waals surface area contributed by atoms with Crippen molar-refractivity contribution in [3.63, 3.8) is 0 Å². The first kappa shape index (κ1) is 29.4. The lowest BCUT2D eigenvalue weighted by atomic mass is 9.71. The van der Waals surface area contributed by atoms with Gasteiger partial charge in [0.25, 0.3) is 0 Å². The number of hydrogen-bond acceptors (Lipinski definition) is 0. The summed E-state index contributed by atoms with van der Waals surface area (Å²) in [6.07, 6.45) is 21.0. The van der Waals surface area contributed by atoms with Crippen molar-refractivity contribution in [2.75, 3.05) is 24.6 Å². The van der Waals surface area contributed by atoms with Crippen LogP contribution in [0, 0.1) is 0 Å². The van der Waals surface area contributed by atoms with E-state index in [0.717, 1.165) is 0 Å². The number of benzene rings is 2. The van der Waals surface area contributed by atoms with Crippen molar-refractivity contribution in [2.24, 2.45) is 0 Å². The monoisotopic (exact) mass is 621 g/mol. The summed E-state index contributed by atoms with van der Waals surface area (Å²) in [4.78, 5) is 0. The van der Waals surface area contributed by atoms with Gasteiger partial charge in [-0.1, -0.05) is 104 Å². The molecule has 0 aromatic heterocycles. The van der Waals surface area contributed by atoms with Crippen molar-refractivity contribution >= 4 is 39.1 Å². The normalized spacial score (nSPS) is 14.2. The van der Waals surface area contributed by atoms with Gasteiger partial charge in [0.15, 0.2) is 0 Å². The molecule has 0 saturated heterocycles. The predicted molar refractivity (Wildman–Crippen MR) is 168 cm³/mol. The molecule has 0 bridgehead atoms. The SMILES string of the molecule is CCCCC1(CCC[P+](CCCC)(CCCC)CCCC)c2cc(Br)ccc2-c2ccc(Br)cc21. The summed E-state index contributed by atoms with van der Waals surface area (Å²) in [5.74, 6) is 0. The van der Waals surface area contributed by atoms with Crippen LogP contribution >= 0.6 is 39.1 Å². The highest BCUT2D eigenvalue weighted by molar-refractivity contribution is 9.10. The zero-order valence-electron chi connectivity index (χ0n) is 22.8. The Morgan fingerprint density at radius 3 is 1.40 bits per heavy atom. The zero-order chi connectivity index (χ0) is 25.3. The molecule has 35 heavy (non-hydrogen) atoms. The molecule has 0 N–H and O–H groups in total. The summed E-state index contributed by atoms with van der Waals surface area (Å²) in [6.45, 7) is 9.51. The van der Waals surface area contributed by atoms with Gasteiger partial charge < -0.3 is 0 Å². The predicted octanol–water partition coefficient (Wildman–Crippen LogP) is 11.9. The van der Waals surface area contributed by atoms with Crippen molar-refractivity contribution in [1.29, 1.82) is 0 Å². The van der Waals surface area contributed by atoms with Crippen LogP contribution in [0.5, 0.6) is 0 Å². The lowest BCUT2D eigenvalue weighted by Crippen LogP contribution is -2.26. The smallest absolute Gasteiger partial charge is 0.0594 e.